The Bertz CT molecular complexity index is 554. The first-order chi connectivity index (χ1) is 8.22. The van der Waals surface area contributed by atoms with Gasteiger partial charge in [-0.15, -0.1) is 21.6 Å². The lowest BCUT2D eigenvalue weighted by molar-refractivity contribution is 0.331. The molecule has 2 aromatic heterocycles. The molecular weight excluding hydrogens is 332 g/mol. The predicted octanol–water partition coefficient (Wildman–Crippen LogP) is 4.45. The van der Waals surface area contributed by atoms with Gasteiger partial charge in [-0.05, 0) is 28.4 Å². The summed E-state index contributed by atoms with van der Waals surface area (Å²) in [4.78, 5) is 5.30. The minimum atomic E-state index is -1.09. The maximum absolute atomic E-state index is 6.21. The van der Waals surface area contributed by atoms with Crippen LogP contribution in [0.5, 0.6) is 0 Å². The van der Waals surface area contributed by atoms with Crippen molar-refractivity contribution < 1.29 is 4.18 Å². The topological polar surface area (TPSA) is 26.5 Å². The second kappa shape index (κ2) is 4.81. The Hall–Kier alpha value is -0.0400. The van der Waals surface area contributed by atoms with Gasteiger partial charge < -0.3 is 4.18 Å². The quantitative estimate of drug-likeness (QED) is 0.817. The molecule has 6 heteroatoms. The van der Waals surface area contributed by atoms with Crippen LogP contribution in [0.3, 0.4) is 0 Å². The molecule has 0 atom stereocenters. The van der Waals surface area contributed by atoms with Gasteiger partial charge in [0.25, 0.3) is 0 Å². The average Bonchev–Trinajstić information content (AvgIpc) is 2.73. The van der Waals surface area contributed by atoms with Gasteiger partial charge in [0.1, 0.15) is 17.8 Å². The number of hydrogen-bond acceptors (Lipinski definition) is 3. The van der Waals surface area contributed by atoms with Crippen LogP contribution in [0.2, 0.25) is 0 Å². The van der Waals surface area contributed by atoms with Gasteiger partial charge in [0.2, 0.25) is 0 Å². The van der Waals surface area contributed by atoms with E-state index < -0.39 is 10.3 Å². The van der Waals surface area contributed by atoms with Crippen molar-refractivity contribution in [1.82, 2.24) is 9.38 Å². The number of hydrogen-bond donors (Lipinski definition) is 0. The molecule has 3 nitrogen and oxygen atoms in total. The first-order valence-electron chi connectivity index (χ1n) is 5.69. The highest BCUT2D eigenvalue weighted by molar-refractivity contribution is 9.11. The van der Waals surface area contributed by atoms with Crippen molar-refractivity contribution in [2.75, 3.05) is 12.5 Å². The van der Waals surface area contributed by atoms with E-state index in [-0.39, 0.29) is 4.75 Å². The number of fused-ring (bicyclic) bond motifs is 1. The van der Waals surface area contributed by atoms with Gasteiger partial charge in [-0.1, -0.05) is 20.8 Å². The molecule has 0 saturated carbocycles. The molecule has 0 amide bonds. The highest BCUT2D eigenvalue weighted by Crippen LogP contribution is 2.54. The molecule has 0 spiro atoms. The largest absolute Gasteiger partial charge is 0.330 e. The zero-order valence-corrected chi connectivity index (χ0v) is 14.6. The van der Waals surface area contributed by atoms with E-state index in [0.717, 1.165) is 14.3 Å². The summed E-state index contributed by atoms with van der Waals surface area (Å²) in [6.45, 7) is 7.32. The molecule has 0 bridgehead atoms. The fourth-order valence-electron chi connectivity index (χ4n) is 1.31. The van der Waals surface area contributed by atoms with E-state index in [9.17, 15) is 0 Å². The van der Waals surface area contributed by atoms with Gasteiger partial charge >= 0.3 is 0 Å². The lowest BCUT2D eigenvalue weighted by Crippen LogP contribution is -2.25. The van der Waals surface area contributed by atoms with Crippen LogP contribution in [0.25, 0.3) is 4.83 Å². The van der Waals surface area contributed by atoms with Gasteiger partial charge in [-0.25, -0.2) is 4.98 Å². The van der Waals surface area contributed by atoms with Crippen LogP contribution < -0.4 is 0 Å². The maximum Gasteiger partial charge on any atom is 0.120 e. The number of imidazole rings is 1. The van der Waals surface area contributed by atoms with Crippen LogP contribution in [-0.2, 0) is 10.8 Å². The Morgan fingerprint density at radius 3 is 2.72 bits per heavy atom. The van der Waals surface area contributed by atoms with Gasteiger partial charge in [0.05, 0.1) is 15.7 Å². The number of thiazole rings is 1. The summed E-state index contributed by atoms with van der Waals surface area (Å²) in [6.07, 6.45) is 8.16. The molecule has 2 rings (SSSR count). The fraction of sp³-hybridized carbons (Fsp3) is 0.583. The van der Waals surface area contributed by atoms with Gasteiger partial charge in [-0.2, -0.15) is 0 Å². The van der Waals surface area contributed by atoms with Crippen molar-refractivity contribution in [1.29, 1.82) is 0 Å². The van der Waals surface area contributed by atoms with E-state index in [2.05, 4.69) is 58.6 Å². The van der Waals surface area contributed by atoms with E-state index >= 15 is 0 Å². The molecule has 0 N–H and O–H groups in total. The third-order valence-electron chi connectivity index (χ3n) is 3.28. The Balaban J connectivity index is 2.20. The number of halogens is 1. The molecule has 0 aliphatic rings. The highest BCUT2D eigenvalue weighted by atomic mass is 79.9. The molecule has 0 radical (unpaired) electrons. The monoisotopic (exact) mass is 350 g/mol. The summed E-state index contributed by atoms with van der Waals surface area (Å²) in [7, 11) is -1.09. The van der Waals surface area contributed by atoms with Crippen LogP contribution in [-0.4, -0.2) is 26.6 Å². The molecule has 0 aromatic carbocycles. The van der Waals surface area contributed by atoms with Crippen molar-refractivity contribution in [2.45, 2.75) is 32.1 Å². The second-order valence-electron chi connectivity index (χ2n) is 5.53. The van der Waals surface area contributed by atoms with Crippen LogP contribution in [0, 0.1) is 0 Å². The summed E-state index contributed by atoms with van der Waals surface area (Å²) in [5.74, 6) is 0. The molecular formula is C12H19BrN2OS2. The Morgan fingerprint density at radius 2 is 2.11 bits per heavy atom. The van der Waals surface area contributed by atoms with E-state index in [1.807, 2.05) is 12.5 Å². The number of rotatable bonds is 3. The Labute approximate surface area is 122 Å². The molecule has 0 aliphatic heterocycles. The molecule has 0 aliphatic carbocycles. The molecule has 2 heterocycles. The minimum absolute atomic E-state index is 0.184. The molecule has 102 valence electrons. The van der Waals surface area contributed by atoms with Crippen LogP contribution in [0.15, 0.2) is 16.3 Å². The van der Waals surface area contributed by atoms with Crippen molar-refractivity contribution in [3.8, 4) is 0 Å². The summed E-state index contributed by atoms with van der Waals surface area (Å²) >= 11 is 5.30. The Morgan fingerprint density at radius 1 is 1.44 bits per heavy atom. The van der Waals surface area contributed by atoms with Crippen molar-refractivity contribution >= 4 is 42.4 Å². The third kappa shape index (κ3) is 2.61. The highest BCUT2D eigenvalue weighted by Gasteiger charge is 2.29. The molecule has 0 saturated heterocycles. The lowest BCUT2D eigenvalue weighted by Gasteiger charge is -2.43. The van der Waals surface area contributed by atoms with E-state index in [4.69, 9.17) is 4.18 Å². The lowest BCUT2D eigenvalue weighted by atomic mass is 10.3. The van der Waals surface area contributed by atoms with Gasteiger partial charge in [-0.3, -0.25) is 4.40 Å². The van der Waals surface area contributed by atoms with E-state index in [1.165, 1.54) is 0 Å². The Kier molecular flexibility index (Phi) is 3.84. The van der Waals surface area contributed by atoms with E-state index in [0.29, 0.717) is 6.61 Å². The SMILES string of the molecule is CC(C)(C)S(C)(C)OCc1c(Br)sc2cncn12. The number of nitrogens with zero attached hydrogens (tertiary/aromatic N) is 2. The maximum atomic E-state index is 6.21. The van der Waals surface area contributed by atoms with Crippen molar-refractivity contribution in [3.05, 3.63) is 22.0 Å². The molecule has 0 unspecified atom stereocenters. The van der Waals surface area contributed by atoms with Crippen LogP contribution >= 0.6 is 37.6 Å². The summed E-state index contributed by atoms with van der Waals surface area (Å²) < 4.78 is 9.61. The number of aromatic nitrogens is 2. The zero-order valence-electron chi connectivity index (χ0n) is 11.4. The molecule has 2 aromatic rings. The fourth-order valence-corrected chi connectivity index (χ4v) is 3.70. The summed E-state index contributed by atoms with van der Waals surface area (Å²) in [5, 5.41) is 0. The van der Waals surface area contributed by atoms with E-state index in [1.54, 1.807) is 11.3 Å². The summed E-state index contributed by atoms with van der Waals surface area (Å²) in [6, 6.07) is 0. The minimum Gasteiger partial charge on any atom is -0.330 e. The third-order valence-corrected chi connectivity index (χ3v) is 8.81. The van der Waals surface area contributed by atoms with Crippen LogP contribution in [0.4, 0.5) is 0 Å². The zero-order chi connectivity index (χ0) is 13.6. The smallest absolute Gasteiger partial charge is 0.120 e. The predicted molar refractivity (Wildman–Crippen MR) is 84.8 cm³/mol. The van der Waals surface area contributed by atoms with Crippen molar-refractivity contribution in [2.24, 2.45) is 0 Å². The second-order valence-corrected chi connectivity index (χ2v) is 11.8. The van der Waals surface area contributed by atoms with Gasteiger partial charge in [0, 0.05) is 4.75 Å². The first kappa shape index (κ1) is 14.4. The normalized spacial score (nSPS) is 14.3. The standard InChI is InChI=1S/C12H19BrN2OS2/c1-12(2,3)18(4,5)16-7-9-11(13)17-10-6-14-8-15(9)10/h6,8H,7H2,1-5H3. The summed E-state index contributed by atoms with van der Waals surface area (Å²) in [5.41, 5.74) is 1.15. The van der Waals surface area contributed by atoms with Crippen molar-refractivity contribution in [3.63, 3.8) is 0 Å². The molecule has 18 heavy (non-hydrogen) atoms. The van der Waals surface area contributed by atoms with Gasteiger partial charge in [0.15, 0.2) is 0 Å². The van der Waals surface area contributed by atoms with Crippen LogP contribution in [0.1, 0.15) is 26.5 Å². The molecule has 0 fully saturated rings. The first-order valence-corrected chi connectivity index (χ1v) is 9.67. The average molecular weight is 351 g/mol.